The fraction of sp³-hybridized carbons (Fsp3) is 0.778. The Balaban J connectivity index is 4.37. The van der Waals surface area contributed by atoms with E-state index in [2.05, 4.69) is 42.7 Å². The number of rotatable bonds is 31. The molecule has 0 radical (unpaired) electrons. The largest absolute Gasteiger partial charge is 0.480 e. The number of hydrogen-bond donors (Lipinski definition) is 4. The Kier molecular flexibility index (Phi) is 29.4. The predicted octanol–water partition coefficient (Wildman–Crippen LogP) is 7.31. The standard InChI is InChI=1S/C36H64N2O7/c1-3-5-7-9-11-13-14-16-18-24-28-35(42)45-31(25-21-17-15-12-10-8-6-4-2)26-22-19-20-23-27-33(40)37-29-34(41)38-32(30-39)36(43)44/h12,15,21,25,31-32,39H,3-11,13-14,16-20,22-24,26-30H2,1-2H3,(H,37,40)(H,38,41)(H,43,44)/b15-12-,25-21-. The third-order valence-corrected chi connectivity index (χ3v) is 7.69. The van der Waals surface area contributed by atoms with Crippen LogP contribution >= 0.6 is 0 Å². The Morgan fingerprint density at radius 1 is 0.689 bits per heavy atom. The second-order valence-electron chi connectivity index (χ2n) is 12.0. The molecule has 0 heterocycles. The van der Waals surface area contributed by atoms with E-state index in [4.69, 9.17) is 14.9 Å². The summed E-state index contributed by atoms with van der Waals surface area (Å²) in [5.74, 6) is -2.42. The minimum absolute atomic E-state index is 0.131. The summed E-state index contributed by atoms with van der Waals surface area (Å²) in [6, 6.07) is -1.39. The van der Waals surface area contributed by atoms with Crippen LogP contribution in [0.4, 0.5) is 0 Å². The van der Waals surface area contributed by atoms with Gasteiger partial charge in [0.1, 0.15) is 12.1 Å². The number of aliphatic carboxylic acids is 1. The summed E-state index contributed by atoms with van der Waals surface area (Å²) in [5, 5.41) is 22.4. The van der Waals surface area contributed by atoms with E-state index in [1.54, 1.807) is 0 Å². The van der Waals surface area contributed by atoms with Gasteiger partial charge in [-0.2, -0.15) is 0 Å². The van der Waals surface area contributed by atoms with Crippen LogP contribution in [-0.4, -0.2) is 59.3 Å². The molecule has 0 saturated carbocycles. The molecule has 2 amide bonds. The molecule has 0 rings (SSSR count). The Morgan fingerprint density at radius 3 is 1.89 bits per heavy atom. The zero-order valence-corrected chi connectivity index (χ0v) is 28.4. The van der Waals surface area contributed by atoms with Crippen molar-refractivity contribution < 1.29 is 34.1 Å². The first kappa shape index (κ1) is 42.3. The molecule has 260 valence electrons. The van der Waals surface area contributed by atoms with Crippen molar-refractivity contribution in [2.24, 2.45) is 0 Å². The Bertz CT molecular complexity index is 828. The van der Waals surface area contributed by atoms with Gasteiger partial charge in [-0.3, -0.25) is 14.4 Å². The molecule has 9 heteroatoms. The summed E-state index contributed by atoms with van der Waals surface area (Å²) >= 11 is 0. The highest BCUT2D eigenvalue weighted by Gasteiger charge is 2.18. The molecule has 0 saturated heterocycles. The molecule has 9 nitrogen and oxygen atoms in total. The van der Waals surface area contributed by atoms with Gasteiger partial charge in [0.25, 0.3) is 0 Å². The fourth-order valence-corrected chi connectivity index (χ4v) is 4.90. The smallest absolute Gasteiger partial charge is 0.328 e. The first-order valence-electron chi connectivity index (χ1n) is 17.7. The second kappa shape index (κ2) is 31.3. The van der Waals surface area contributed by atoms with Crippen LogP contribution in [0.2, 0.25) is 0 Å². The quantitative estimate of drug-likeness (QED) is 0.0355. The molecule has 0 aromatic heterocycles. The van der Waals surface area contributed by atoms with Gasteiger partial charge in [0, 0.05) is 12.8 Å². The first-order chi connectivity index (χ1) is 21.8. The summed E-state index contributed by atoms with van der Waals surface area (Å²) in [6.07, 6.45) is 30.8. The van der Waals surface area contributed by atoms with Crippen LogP contribution in [0, 0.1) is 0 Å². The molecule has 0 bridgehead atoms. The third-order valence-electron chi connectivity index (χ3n) is 7.69. The van der Waals surface area contributed by atoms with Crippen LogP contribution in [0.25, 0.3) is 0 Å². The van der Waals surface area contributed by atoms with Crippen molar-refractivity contribution in [1.29, 1.82) is 0 Å². The van der Waals surface area contributed by atoms with Crippen LogP contribution < -0.4 is 10.6 Å². The average molecular weight is 637 g/mol. The molecular formula is C36H64N2O7. The Morgan fingerprint density at radius 2 is 1.27 bits per heavy atom. The van der Waals surface area contributed by atoms with Gasteiger partial charge < -0.3 is 25.6 Å². The topological polar surface area (TPSA) is 142 Å². The summed E-state index contributed by atoms with van der Waals surface area (Å²) < 4.78 is 5.84. The number of carboxylic acids is 1. The predicted molar refractivity (Wildman–Crippen MR) is 181 cm³/mol. The summed E-state index contributed by atoms with van der Waals surface area (Å²) in [5.41, 5.74) is 0. The molecule has 0 fully saturated rings. The second-order valence-corrected chi connectivity index (χ2v) is 12.0. The van der Waals surface area contributed by atoms with Crippen LogP contribution in [0.15, 0.2) is 24.3 Å². The van der Waals surface area contributed by atoms with Gasteiger partial charge in [0.05, 0.1) is 13.2 Å². The minimum atomic E-state index is -1.39. The van der Waals surface area contributed by atoms with E-state index in [1.165, 1.54) is 70.6 Å². The molecule has 2 atom stereocenters. The molecule has 0 aromatic rings. The van der Waals surface area contributed by atoms with Crippen LogP contribution in [0.5, 0.6) is 0 Å². The molecule has 0 aromatic carbocycles. The van der Waals surface area contributed by atoms with E-state index in [-0.39, 0.29) is 30.9 Å². The number of allylic oxidation sites excluding steroid dienone is 3. The van der Waals surface area contributed by atoms with Gasteiger partial charge in [-0.15, -0.1) is 0 Å². The maximum Gasteiger partial charge on any atom is 0.328 e. The first-order valence-corrected chi connectivity index (χ1v) is 17.7. The SMILES string of the molecule is CCCCC/C=C\C/C=C\C(CCCCCCC(=O)NCC(=O)NC(CO)C(=O)O)OC(=O)CCCCCCCCCCCC. The van der Waals surface area contributed by atoms with Gasteiger partial charge in [0.15, 0.2) is 0 Å². The monoisotopic (exact) mass is 636 g/mol. The van der Waals surface area contributed by atoms with Crippen LogP contribution in [0.3, 0.4) is 0 Å². The number of esters is 1. The third kappa shape index (κ3) is 28.5. The van der Waals surface area contributed by atoms with E-state index in [0.717, 1.165) is 51.4 Å². The number of aliphatic hydroxyl groups excluding tert-OH is 1. The zero-order valence-electron chi connectivity index (χ0n) is 28.4. The van der Waals surface area contributed by atoms with Crippen molar-refractivity contribution >= 4 is 23.8 Å². The van der Waals surface area contributed by atoms with Crippen molar-refractivity contribution in [1.82, 2.24) is 10.6 Å². The van der Waals surface area contributed by atoms with E-state index in [0.29, 0.717) is 12.8 Å². The summed E-state index contributed by atoms with van der Waals surface area (Å²) in [6.45, 7) is 3.38. The lowest BCUT2D eigenvalue weighted by Gasteiger charge is -2.15. The van der Waals surface area contributed by atoms with Crippen molar-refractivity contribution in [2.45, 2.75) is 167 Å². The highest BCUT2D eigenvalue weighted by atomic mass is 16.5. The van der Waals surface area contributed by atoms with E-state index in [9.17, 15) is 19.2 Å². The van der Waals surface area contributed by atoms with Gasteiger partial charge in [0.2, 0.25) is 11.8 Å². The van der Waals surface area contributed by atoms with Crippen molar-refractivity contribution in [3.05, 3.63) is 24.3 Å². The van der Waals surface area contributed by atoms with Crippen molar-refractivity contribution in [3.63, 3.8) is 0 Å². The number of carboxylic acid groups (broad SMARTS) is 1. The van der Waals surface area contributed by atoms with Gasteiger partial charge in [-0.05, 0) is 51.0 Å². The number of carbonyl (C=O) groups is 4. The number of amides is 2. The Labute approximate surface area is 273 Å². The molecule has 0 spiro atoms. The number of hydrogen-bond acceptors (Lipinski definition) is 6. The van der Waals surface area contributed by atoms with Crippen molar-refractivity contribution in [2.75, 3.05) is 13.2 Å². The minimum Gasteiger partial charge on any atom is -0.480 e. The van der Waals surface area contributed by atoms with Crippen LogP contribution in [0.1, 0.15) is 155 Å². The highest BCUT2D eigenvalue weighted by Crippen LogP contribution is 2.15. The molecule has 2 unspecified atom stereocenters. The van der Waals surface area contributed by atoms with Gasteiger partial charge >= 0.3 is 11.9 Å². The molecule has 45 heavy (non-hydrogen) atoms. The number of carbonyl (C=O) groups excluding carboxylic acids is 3. The summed E-state index contributed by atoms with van der Waals surface area (Å²) in [7, 11) is 0. The summed E-state index contributed by atoms with van der Waals surface area (Å²) in [4.78, 5) is 47.2. The van der Waals surface area contributed by atoms with Crippen LogP contribution in [-0.2, 0) is 23.9 Å². The average Bonchev–Trinajstić information content (AvgIpc) is 3.02. The fourth-order valence-electron chi connectivity index (χ4n) is 4.90. The van der Waals surface area contributed by atoms with Gasteiger partial charge in [-0.25, -0.2) is 4.79 Å². The lowest BCUT2D eigenvalue weighted by molar-refractivity contribution is -0.147. The van der Waals surface area contributed by atoms with Crippen molar-refractivity contribution in [3.8, 4) is 0 Å². The maximum atomic E-state index is 12.6. The number of ether oxygens (including phenoxy) is 1. The normalized spacial score (nSPS) is 12.8. The van der Waals surface area contributed by atoms with Gasteiger partial charge in [-0.1, -0.05) is 116 Å². The maximum absolute atomic E-state index is 12.6. The lowest BCUT2D eigenvalue weighted by atomic mass is 10.1. The zero-order chi connectivity index (χ0) is 33.4. The van der Waals surface area contributed by atoms with E-state index < -0.39 is 24.5 Å². The molecular weight excluding hydrogens is 572 g/mol. The van der Waals surface area contributed by atoms with E-state index >= 15 is 0 Å². The molecule has 0 aliphatic rings. The number of aliphatic hydroxyl groups is 1. The number of unbranched alkanes of at least 4 members (excludes halogenated alkanes) is 15. The highest BCUT2D eigenvalue weighted by molar-refractivity contribution is 5.87. The Hall–Kier alpha value is -2.68. The molecule has 0 aliphatic heterocycles. The lowest BCUT2D eigenvalue weighted by Crippen LogP contribution is -2.47. The molecule has 0 aliphatic carbocycles. The van der Waals surface area contributed by atoms with E-state index in [1.807, 2.05) is 6.08 Å². The molecule has 4 N–H and O–H groups in total. The number of nitrogens with one attached hydrogen (secondary N) is 2.